The molecule has 0 saturated heterocycles. The summed E-state index contributed by atoms with van der Waals surface area (Å²) in [5.74, 6) is -0.436. The zero-order chi connectivity index (χ0) is 19.8. The molecule has 0 aliphatic rings. The summed E-state index contributed by atoms with van der Waals surface area (Å²) in [7, 11) is 3.35. The van der Waals surface area contributed by atoms with Crippen LogP contribution >= 0.6 is 0 Å². The second-order valence-electron chi connectivity index (χ2n) is 6.70. The lowest BCUT2D eigenvalue weighted by molar-refractivity contribution is 0.0600. The van der Waals surface area contributed by atoms with Gasteiger partial charge in [-0.1, -0.05) is 36.4 Å². The maximum atomic E-state index is 12.3. The van der Waals surface area contributed by atoms with Crippen LogP contribution in [0.1, 0.15) is 28.4 Å². The summed E-state index contributed by atoms with van der Waals surface area (Å²) in [4.78, 5) is 26.1. The van der Waals surface area contributed by atoms with Crippen LogP contribution < -0.4 is 10.6 Å². The lowest BCUT2D eigenvalue weighted by atomic mass is 10.1. The minimum Gasteiger partial charge on any atom is -0.465 e. The number of aryl methyl sites for hydroxylation is 1. The molecule has 2 rings (SSSR count). The molecule has 0 fully saturated rings. The standard InChI is InChI=1S/C21H27N3O3/c1-15-10-11-18(20(25)27-4)12-19(15)23-21(26)22-16(2)13-24(3)14-17-8-6-5-7-9-17/h5-12,16H,13-14H2,1-4H3,(H2,22,23,26). The topological polar surface area (TPSA) is 70.7 Å². The van der Waals surface area contributed by atoms with Crippen molar-refractivity contribution in [2.24, 2.45) is 0 Å². The number of nitrogens with one attached hydrogen (secondary N) is 2. The Hall–Kier alpha value is -2.86. The Balaban J connectivity index is 1.88. The van der Waals surface area contributed by atoms with Gasteiger partial charge < -0.3 is 20.3 Å². The number of benzene rings is 2. The number of methoxy groups -OCH3 is 1. The third kappa shape index (κ3) is 6.42. The Labute approximate surface area is 160 Å². The van der Waals surface area contributed by atoms with E-state index in [1.165, 1.54) is 12.7 Å². The van der Waals surface area contributed by atoms with Crippen LogP contribution in [0.3, 0.4) is 0 Å². The first kappa shape index (κ1) is 20.5. The van der Waals surface area contributed by atoms with Crippen molar-refractivity contribution in [2.45, 2.75) is 26.4 Å². The molecule has 0 aliphatic heterocycles. The van der Waals surface area contributed by atoms with Crippen LogP contribution in [0.15, 0.2) is 48.5 Å². The van der Waals surface area contributed by atoms with Gasteiger partial charge in [-0.25, -0.2) is 9.59 Å². The van der Waals surface area contributed by atoms with Crippen LogP contribution in [0.5, 0.6) is 0 Å². The molecule has 1 unspecified atom stereocenters. The maximum absolute atomic E-state index is 12.3. The third-order valence-electron chi connectivity index (χ3n) is 4.17. The number of urea groups is 1. The molecule has 0 saturated carbocycles. The number of carbonyl (C=O) groups is 2. The summed E-state index contributed by atoms with van der Waals surface area (Å²) < 4.78 is 4.72. The molecule has 2 amide bonds. The van der Waals surface area contributed by atoms with Crippen LogP contribution in [-0.4, -0.2) is 43.6 Å². The Morgan fingerprint density at radius 1 is 1.15 bits per heavy atom. The molecule has 6 nitrogen and oxygen atoms in total. The first-order chi connectivity index (χ1) is 12.9. The summed E-state index contributed by atoms with van der Waals surface area (Å²) in [6, 6.07) is 14.9. The van der Waals surface area contributed by atoms with E-state index < -0.39 is 5.97 Å². The molecular weight excluding hydrogens is 342 g/mol. The van der Waals surface area contributed by atoms with Gasteiger partial charge in [0.2, 0.25) is 0 Å². The zero-order valence-electron chi connectivity index (χ0n) is 16.3. The number of carbonyl (C=O) groups excluding carboxylic acids is 2. The highest BCUT2D eigenvalue weighted by molar-refractivity contribution is 5.94. The normalized spacial score (nSPS) is 11.7. The van der Waals surface area contributed by atoms with E-state index in [0.29, 0.717) is 17.8 Å². The zero-order valence-corrected chi connectivity index (χ0v) is 16.3. The minimum atomic E-state index is -0.436. The molecule has 0 aromatic heterocycles. The van der Waals surface area contributed by atoms with Crippen molar-refractivity contribution in [1.82, 2.24) is 10.2 Å². The molecule has 2 aromatic carbocycles. The number of hydrogen-bond acceptors (Lipinski definition) is 4. The predicted octanol–water partition coefficient (Wildman–Crippen LogP) is 3.42. The summed E-state index contributed by atoms with van der Waals surface area (Å²) in [6.07, 6.45) is 0. The monoisotopic (exact) mass is 369 g/mol. The number of esters is 1. The van der Waals surface area contributed by atoms with Gasteiger partial charge in [-0.15, -0.1) is 0 Å². The Kier molecular flexibility index (Phi) is 7.37. The summed E-state index contributed by atoms with van der Waals surface area (Å²) >= 11 is 0. The highest BCUT2D eigenvalue weighted by atomic mass is 16.5. The van der Waals surface area contributed by atoms with Gasteiger partial charge in [0.15, 0.2) is 0 Å². The molecule has 2 aromatic rings. The maximum Gasteiger partial charge on any atom is 0.337 e. The van der Waals surface area contributed by atoms with Crippen LogP contribution in [0.25, 0.3) is 0 Å². The van der Waals surface area contributed by atoms with Crippen molar-refractivity contribution in [3.8, 4) is 0 Å². The molecule has 27 heavy (non-hydrogen) atoms. The minimum absolute atomic E-state index is 0.0391. The summed E-state index contributed by atoms with van der Waals surface area (Å²) in [6.45, 7) is 5.35. The molecule has 1 atom stereocenters. The van der Waals surface area contributed by atoms with Crippen molar-refractivity contribution in [3.05, 3.63) is 65.2 Å². The molecule has 0 aliphatic carbocycles. The van der Waals surface area contributed by atoms with Crippen molar-refractivity contribution >= 4 is 17.7 Å². The fraction of sp³-hybridized carbons (Fsp3) is 0.333. The molecule has 0 bridgehead atoms. The van der Waals surface area contributed by atoms with E-state index in [2.05, 4.69) is 27.7 Å². The van der Waals surface area contributed by atoms with Crippen molar-refractivity contribution in [3.63, 3.8) is 0 Å². The van der Waals surface area contributed by atoms with Crippen LogP contribution in [-0.2, 0) is 11.3 Å². The lowest BCUT2D eigenvalue weighted by Gasteiger charge is -2.22. The predicted molar refractivity (Wildman–Crippen MR) is 107 cm³/mol. The number of amides is 2. The Bertz CT molecular complexity index is 777. The van der Waals surface area contributed by atoms with Gasteiger partial charge in [0.25, 0.3) is 0 Å². The van der Waals surface area contributed by atoms with Crippen molar-refractivity contribution in [2.75, 3.05) is 26.0 Å². The van der Waals surface area contributed by atoms with Crippen molar-refractivity contribution < 1.29 is 14.3 Å². The van der Waals surface area contributed by atoms with Gasteiger partial charge in [0, 0.05) is 24.8 Å². The van der Waals surface area contributed by atoms with E-state index in [-0.39, 0.29) is 12.1 Å². The van der Waals surface area contributed by atoms with Gasteiger partial charge in [0.1, 0.15) is 0 Å². The SMILES string of the molecule is COC(=O)c1ccc(C)c(NC(=O)NC(C)CN(C)Cc2ccccc2)c1. The quantitative estimate of drug-likeness (QED) is 0.734. The molecule has 0 heterocycles. The van der Waals surface area contributed by atoms with Crippen LogP contribution in [0.4, 0.5) is 10.5 Å². The fourth-order valence-electron chi connectivity index (χ4n) is 2.86. The van der Waals surface area contributed by atoms with Gasteiger partial charge in [0.05, 0.1) is 12.7 Å². The van der Waals surface area contributed by atoms with E-state index in [1.807, 2.05) is 39.1 Å². The van der Waals surface area contributed by atoms with E-state index in [0.717, 1.165) is 12.1 Å². The van der Waals surface area contributed by atoms with Gasteiger partial charge in [-0.05, 0) is 44.2 Å². The smallest absolute Gasteiger partial charge is 0.337 e. The van der Waals surface area contributed by atoms with Gasteiger partial charge in [-0.2, -0.15) is 0 Å². The lowest BCUT2D eigenvalue weighted by Crippen LogP contribution is -2.42. The summed E-state index contributed by atoms with van der Waals surface area (Å²) in [5.41, 5.74) is 3.08. The number of anilines is 1. The van der Waals surface area contributed by atoms with Crippen LogP contribution in [0, 0.1) is 6.92 Å². The van der Waals surface area contributed by atoms with Gasteiger partial charge >= 0.3 is 12.0 Å². The molecule has 144 valence electrons. The number of hydrogen-bond donors (Lipinski definition) is 2. The molecular formula is C21H27N3O3. The van der Waals surface area contributed by atoms with E-state index in [9.17, 15) is 9.59 Å². The summed E-state index contributed by atoms with van der Waals surface area (Å²) in [5, 5.41) is 5.73. The van der Waals surface area contributed by atoms with E-state index in [4.69, 9.17) is 4.74 Å². The highest BCUT2D eigenvalue weighted by Crippen LogP contribution is 2.17. The fourth-order valence-corrected chi connectivity index (χ4v) is 2.86. The average Bonchev–Trinajstić information content (AvgIpc) is 2.63. The molecule has 2 N–H and O–H groups in total. The van der Waals surface area contributed by atoms with E-state index >= 15 is 0 Å². The highest BCUT2D eigenvalue weighted by Gasteiger charge is 2.13. The third-order valence-corrected chi connectivity index (χ3v) is 4.17. The first-order valence-corrected chi connectivity index (χ1v) is 8.88. The first-order valence-electron chi connectivity index (χ1n) is 8.88. The Morgan fingerprint density at radius 3 is 2.52 bits per heavy atom. The second-order valence-corrected chi connectivity index (χ2v) is 6.70. The van der Waals surface area contributed by atoms with E-state index in [1.54, 1.807) is 18.2 Å². The molecule has 0 spiro atoms. The second kappa shape index (κ2) is 9.73. The molecule has 0 radical (unpaired) electrons. The molecule has 6 heteroatoms. The largest absolute Gasteiger partial charge is 0.465 e. The average molecular weight is 369 g/mol. The number of nitrogens with zero attached hydrogens (tertiary/aromatic N) is 1. The number of rotatable bonds is 7. The number of likely N-dealkylation sites (N-methyl/N-ethyl adjacent to an activating group) is 1. The van der Waals surface area contributed by atoms with Crippen molar-refractivity contribution in [1.29, 1.82) is 0 Å². The van der Waals surface area contributed by atoms with Crippen LogP contribution in [0.2, 0.25) is 0 Å². The number of ether oxygens (including phenoxy) is 1. The van der Waals surface area contributed by atoms with Gasteiger partial charge in [-0.3, -0.25) is 0 Å². The Morgan fingerprint density at radius 2 is 1.85 bits per heavy atom.